The molecular formula is C23H22O2. The summed E-state index contributed by atoms with van der Waals surface area (Å²) in [6, 6.07) is 19.4. The van der Waals surface area contributed by atoms with E-state index in [-0.39, 0.29) is 6.61 Å². The van der Waals surface area contributed by atoms with Gasteiger partial charge in [0, 0.05) is 0 Å². The van der Waals surface area contributed by atoms with E-state index in [0.717, 1.165) is 12.2 Å². The number of aliphatic hydroxyl groups is 1. The average molecular weight is 330 g/mol. The highest BCUT2D eigenvalue weighted by atomic mass is 16.5. The molecule has 0 saturated heterocycles. The molecule has 4 rings (SSSR count). The predicted molar refractivity (Wildman–Crippen MR) is 102 cm³/mol. The lowest BCUT2D eigenvalue weighted by atomic mass is 9.92. The lowest BCUT2D eigenvalue weighted by Crippen LogP contribution is -2.01. The van der Waals surface area contributed by atoms with Gasteiger partial charge in [-0.05, 0) is 76.9 Å². The topological polar surface area (TPSA) is 29.5 Å². The number of aliphatic hydroxyl groups excluding tert-OH is 1. The SMILES string of the molecule is Cc1cc(-c2ccc(OCCO)cc2)c2c(c1)-c1c(C)cccc1C2. The third-order valence-electron chi connectivity index (χ3n) is 4.92. The van der Waals surface area contributed by atoms with Crippen LogP contribution in [-0.2, 0) is 6.42 Å². The third kappa shape index (κ3) is 2.83. The molecule has 1 aliphatic carbocycles. The zero-order valence-corrected chi connectivity index (χ0v) is 14.7. The molecule has 0 unspecified atom stereocenters. The van der Waals surface area contributed by atoms with E-state index in [9.17, 15) is 0 Å². The Bertz CT molecular complexity index is 924. The van der Waals surface area contributed by atoms with E-state index in [4.69, 9.17) is 9.84 Å². The van der Waals surface area contributed by atoms with Crippen LogP contribution in [0.25, 0.3) is 22.3 Å². The Morgan fingerprint density at radius 1 is 0.960 bits per heavy atom. The number of hydrogen-bond acceptors (Lipinski definition) is 2. The van der Waals surface area contributed by atoms with Crippen LogP contribution in [0.5, 0.6) is 5.75 Å². The molecule has 3 aromatic carbocycles. The summed E-state index contributed by atoms with van der Waals surface area (Å²) in [6.07, 6.45) is 0.991. The predicted octanol–water partition coefficient (Wildman–Crippen LogP) is 4.91. The maximum atomic E-state index is 8.88. The van der Waals surface area contributed by atoms with Crippen molar-refractivity contribution in [3.05, 3.63) is 76.9 Å². The monoisotopic (exact) mass is 330 g/mol. The molecule has 126 valence electrons. The first-order valence-electron chi connectivity index (χ1n) is 8.74. The number of ether oxygens (including phenoxy) is 1. The maximum Gasteiger partial charge on any atom is 0.119 e. The quantitative estimate of drug-likeness (QED) is 0.576. The Labute approximate surface area is 148 Å². The summed E-state index contributed by atoms with van der Waals surface area (Å²) in [7, 11) is 0. The van der Waals surface area contributed by atoms with Crippen molar-refractivity contribution >= 4 is 0 Å². The van der Waals surface area contributed by atoms with Gasteiger partial charge in [-0.1, -0.05) is 42.5 Å². The van der Waals surface area contributed by atoms with Gasteiger partial charge in [-0.3, -0.25) is 0 Å². The largest absolute Gasteiger partial charge is 0.491 e. The first-order valence-corrected chi connectivity index (χ1v) is 8.74. The van der Waals surface area contributed by atoms with Crippen molar-refractivity contribution in [3.8, 4) is 28.0 Å². The van der Waals surface area contributed by atoms with Crippen molar-refractivity contribution in [2.75, 3.05) is 13.2 Å². The lowest BCUT2D eigenvalue weighted by Gasteiger charge is -2.12. The third-order valence-corrected chi connectivity index (χ3v) is 4.92. The van der Waals surface area contributed by atoms with Crippen LogP contribution in [0, 0.1) is 13.8 Å². The molecule has 0 aromatic heterocycles. The molecular weight excluding hydrogens is 308 g/mol. The van der Waals surface area contributed by atoms with Gasteiger partial charge in [-0.2, -0.15) is 0 Å². The number of fused-ring (bicyclic) bond motifs is 3. The van der Waals surface area contributed by atoms with E-state index < -0.39 is 0 Å². The normalized spacial score (nSPS) is 12.0. The van der Waals surface area contributed by atoms with Crippen LogP contribution in [-0.4, -0.2) is 18.3 Å². The minimum Gasteiger partial charge on any atom is -0.491 e. The average Bonchev–Trinajstić information content (AvgIpc) is 2.99. The van der Waals surface area contributed by atoms with Crippen LogP contribution >= 0.6 is 0 Å². The fraction of sp³-hybridized carbons (Fsp3) is 0.217. The molecule has 0 radical (unpaired) electrons. The van der Waals surface area contributed by atoms with E-state index in [1.807, 2.05) is 12.1 Å². The second kappa shape index (κ2) is 6.38. The molecule has 1 N–H and O–H groups in total. The van der Waals surface area contributed by atoms with Gasteiger partial charge in [0.15, 0.2) is 0 Å². The molecule has 1 aliphatic rings. The molecule has 0 heterocycles. The Morgan fingerprint density at radius 3 is 2.48 bits per heavy atom. The molecule has 3 aromatic rings. The molecule has 0 saturated carbocycles. The van der Waals surface area contributed by atoms with Crippen LogP contribution < -0.4 is 4.74 Å². The molecule has 25 heavy (non-hydrogen) atoms. The molecule has 2 nitrogen and oxygen atoms in total. The second-order valence-electron chi connectivity index (χ2n) is 6.72. The van der Waals surface area contributed by atoms with Crippen LogP contribution in [0.2, 0.25) is 0 Å². The summed E-state index contributed by atoms with van der Waals surface area (Å²) in [4.78, 5) is 0. The molecule has 0 bridgehead atoms. The van der Waals surface area contributed by atoms with Gasteiger partial charge < -0.3 is 9.84 Å². The van der Waals surface area contributed by atoms with Crippen molar-refractivity contribution in [2.45, 2.75) is 20.3 Å². The first kappa shape index (κ1) is 15.9. The number of hydrogen-bond donors (Lipinski definition) is 1. The van der Waals surface area contributed by atoms with E-state index in [1.165, 1.54) is 44.5 Å². The molecule has 0 atom stereocenters. The van der Waals surface area contributed by atoms with E-state index in [0.29, 0.717) is 6.61 Å². The molecule has 0 aliphatic heterocycles. The fourth-order valence-corrected chi connectivity index (χ4v) is 3.83. The summed E-state index contributed by atoms with van der Waals surface area (Å²) in [5.74, 6) is 0.793. The zero-order chi connectivity index (χ0) is 17.4. The van der Waals surface area contributed by atoms with Crippen LogP contribution in [0.3, 0.4) is 0 Å². The van der Waals surface area contributed by atoms with Crippen molar-refractivity contribution in [1.82, 2.24) is 0 Å². The summed E-state index contributed by atoms with van der Waals surface area (Å²) in [5.41, 5.74) is 10.8. The van der Waals surface area contributed by atoms with Gasteiger partial charge in [0.25, 0.3) is 0 Å². The summed E-state index contributed by atoms with van der Waals surface area (Å²) >= 11 is 0. The van der Waals surface area contributed by atoms with Crippen molar-refractivity contribution in [1.29, 1.82) is 0 Å². The number of rotatable bonds is 4. The molecule has 0 amide bonds. The molecule has 0 spiro atoms. The summed E-state index contributed by atoms with van der Waals surface area (Å²) in [6.45, 7) is 4.72. The highest BCUT2D eigenvalue weighted by molar-refractivity contribution is 5.87. The Morgan fingerprint density at radius 2 is 1.72 bits per heavy atom. The Hall–Kier alpha value is -2.58. The van der Waals surface area contributed by atoms with E-state index >= 15 is 0 Å². The van der Waals surface area contributed by atoms with E-state index in [2.05, 4.69) is 56.3 Å². The highest BCUT2D eigenvalue weighted by Gasteiger charge is 2.23. The Kier molecular flexibility index (Phi) is 4.06. The van der Waals surface area contributed by atoms with Gasteiger partial charge in [0.2, 0.25) is 0 Å². The second-order valence-corrected chi connectivity index (χ2v) is 6.72. The van der Waals surface area contributed by atoms with E-state index in [1.54, 1.807) is 0 Å². The maximum absolute atomic E-state index is 8.88. The number of aryl methyl sites for hydroxylation is 2. The standard InChI is InChI=1S/C23H22O2/c1-15-12-20(17-6-8-19(9-7-17)25-11-10-24)21-14-18-5-3-4-16(2)23(18)22(21)13-15/h3-9,12-13,24H,10-11,14H2,1-2H3. The Balaban J connectivity index is 1.79. The van der Waals surface area contributed by atoms with Crippen molar-refractivity contribution < 1.29 is 9.84 Å². The van der Waals surface area contributed by atoms with Crippen LogP contribution in [0.1, 0.15) is 22.3 Å². The van der Waals surface area contributed by atoms with Crippen LogP contribution in [0.15, 0.2) is 54.6 Å². The minimum atomic E-state index is 0.0325. The van der Waals surface area contributed by atoms with Gasteiger partial charge in [0.1, 0.15) is 12.4 Å². The van der Waals surface area contributed by atoms with Gasteiger partial charge in [-0.25, -0.2) is 0 Å². The number of benzene rings is 3. The first-order chi connectivity index (χ1) is 12.2. The zero-order valence-electron chi connectivity index (χ0n) is 14.7. The molecule has 2 heteroatoms. The minimum absolute atomic E-state index is 0.0325. The van der Waals surface area contributed by atoms with Gasteiger partial charge in [-0.15, -0.1) is 0 Å². The van der Waals surface area contributed by atoms with Gasteiger partial charge >= 0.3 is 0 Å². The van der Waals surface area contributed by atoms with Crippen molar-refractivity contribution in [2.24, 2.45) is 0 Å². The summed E-state index contributed by atoms with van der Waals surface area (Å²) in [5, 5.41) is 8.88. The fourth-order valence-electron chi connectivity index (χ4n) is 3.83. The van der Waals surface area contributed by atoms with Gasteiger partial charge in [0.05, 0.1) is 6.61 Å². The van der Waals surface area contributed by atoms with Crippen molar-refractivity contribution in [3.63, 3.8) is 0 Å². The lowest BCUT2D eigenvalue weighted by molar-refractivity contribution is 0.201. The van der Waals surface area contributed by atoms with Crippen LogP contribution in [0.4, 0.5) is 0 Å². The highest BCUT2D eigenvalue weighted by Crippen LogP contribution is 2.44. The molecule has 0 fully saturated rings. The summed E-state index contributed by atoms with van der Waals surface area (Å²) < 4.78 is 5.48. The smallest absolute Gasteiger partial charge is 0.119 e.